The van der Waals surface area contributed by atoms with E-state index in [1.165, 1.54) is 16.1 Å². The Morgan fingerprint density at radius 3 is 2.16 bits per heavy atom. The van der Waals surface area contributed by atoms with Gasteiger partial charge >= 0.3 is 0 Å². The molecule has 1 heterocycles. The summed E-state index contributed by atoms with van der Waals surface area (Å²) in [5, 5.41) is 0.738. The Morgan fingerprint density at radius 1 is 1.06 bits per heavy atom. The number of benzene rings is 1. The molecule has 0 aliphatic carbocycles. The van der Waals surface area contributed by atoms with Gasteiger partial charge in [-0.2, -0.15) is 4.31 Å². The Balaban J connectivity index is 2.30. The summed E-state index contributed by atoms with van der Waals surface area (Å²) in [7, 11) is -3.55. The van der Waals surface area contributed by atoms with Crippen LogP contribution in [0.1, 0.15) is 48.5 Å². The van der Waals surface area contributed by atoms with Gasteiger partial charge in [0.05, 0.1) is 21.7 Å². The smallest absolute Gasteiger partial charge is 0.243 e. The van der Waals surface area contributed by atoms with Crippen molar-refractivity contribution >= 4 is 38.7 Å². The standard InChI is InChI=1S/C23H38N4O3S2/c1-8-26(9-2)32(29,30)19-11-12-21-20(13-19)24-23(27(21)10-3)31-16-22(28)25(14-17(4)5)15-18(6)7/h11-13,17-18H,8-10,14-16H2,1-7H3. The minimum Gasteiger partial charge on any atom is -0.341 e. The summed E-state index contributed by atoms with van der Waals surface area (Å²) in [5.41, 5.74) is 1.51. The molecule has 7 nitrogen and oxygen atoms in total. The minimum absolute atomic E-state index is 0.108. The molecule has 0 aliphatic heterocycles. The van der Waals surface area contributed by atoms with Crippen molar-refractivity contribution in [1.82, 2.24) is 18.8 Å². The van der Waals surface area contributed by atoms with Gasteiger partial charge in [-0.1, -0.05) is 53.3 Å². The van der Waals surface area contributed by atoms with Crippen LogP contribution in [0.15, 0.2) is 28.3 Å². The number of fused-ring (bicyclic) bond motifs is 1. The number of hydrogen-bond acceptors (Lipinski definition) is 5. The van der Waals surface area contributed by atoms with Crippen molar-refractivity contribution in [3.8, 4) is 0 Å². The van der Waals surface area contributed by atoms with E-state index in [1.54, 1.807) is 12.1 Å². The van der Waals surface area contributed by atoms with E-state index in [4.69, 9.17) is 4.98 Å². The number of amides is 1. The van der Waals surface area contributed by atoms with Gasteiger partial charge in [-0.25, -0.2) is 13.4 Å². The number of rotatable bonds is 12. The second kappa shape index (κ2) is 11.5. The molecule has 32 heavy (non-hydrogen) atoms. The summed E-state index contributed by atoms with van der Waals surface area (Å²) in [4.78, 5) is 19.8. The highest BCUT2D eigenvalue weighted by molar-refractivity contribution is 7.99. The summed E-state index contributed by atoms with van der Waals surface area (Å²) in [6.07, 6.45) is 0. The molecule has 0 radical (unpaired) electrons. The van der Waals surface area contributed by atoms with Crippen molar-refractivity contribution in [1.29, 1.82) is 0 Å². The first-order valence-electron chi connectivity index (χ1n) is 11.5. The van der Waals surface area contributed by atoms with Gasteiger partial charge in [0.15, 0.2) is 5.16 Å². The Kier molecular flexibility index (Phi) is 9.60. The molecule has 2 rings (SSSR count). The third-order valence-corrected chi connectivity index (χ3v) is 8.20. The zero-order valence-corrected chi connectivity index (χ0v) is 22.1. The van der Waals surface area contributed by atoms with Crippen LogP contribution in [0.4, 0.5) is 0 Å². The maximum atomic E-state index is 12.9. The quantitative estimate of drug-likeness (QED) is 0.421. The van der Waals surface area contributed by atoms with Crippen LogP contribution in [0.3, 0.4) is 0 Å². The lowest BCUT2D eigenvalue weighted by Gasteiger charge is -2.26. The zero-order chi connectivity index (χ0) is 24.1. The van der Waals surface area contributed by atoms with Crippen LogP contribution < -0.4 is 0 Å². The van der Waals surface area contributed by atoms with E-state index >= 15 is 0 Å². The average Bonchev–Trinajstić information content (AvgIpc) is 3.08. The lowest BCUT2D eigenvalue weighted by Crippen LogP contribution is -2.38. The highest BCUT2D eigenvalue weighted by Gasteiger charge is 2.23. The maximum absolute atomic E-state index is 12.9. The number of aryl methyl sites for hydroxylation is 1. The lowest BCUT2D eigenvalue weighted by molar-refractivity contribution is -0.129. The van der Waals surface area contributed by atoms with Gasteiger partial charge in [-0.15, -0.1) is 0 Å². The predicted molar refractivity (Wildman–Crippen MR) is 132 cm³/mol. The number of aromatic nitrogens is 2. The molecule has 0 atom stereocenters. The molecule has 0 N–H and O–H groups in total. The fourth-order valence-corrected chi connectivity index (χ4v) is 6.21. The highest BCUT2D eigenvalue weighted by atomic mass is 32.2. The van der Waals surface area contributed by atoms with Gasteiger partial charge in [0.2, 0.25) is 15.9 Å². The maximum Gasteiger partial charge on any atom is 0.243 e. The summed E-state index contributed by atoms with van der Waals surface area (Å²) < 4.78 is 29.3. The molecule has 0 aliphatic rings. The SMILES string of the molecule is CCN(CC)S(=O)(=O)c1ccc2c(c1)nc(SCC(=O)N(CC(C)C)CC(C)C)n2CC. The van der Waals surface area contributed by atoms with E-state index in [-0.39, 0.29) is 10.8 Å². The van der Waals surface area contributed by atoms with E-state index in [0.29, 0.717) is 42.7 Å². The molecular weight excluding hydrogens is 444 g/mol. The Bertz CT molecular complexity index is 1000. The van der Waals surface area contributed by atoms with Crippen molar-refractivity contribution in [3.63, 3.8) is 0 Å². The number of nitrogens with zero attached hydrogens (tertiary/aromatic N) is 4. The average molecular weight is 483 g/mol. The van der Waals surface area contributed by atoms with Crippen LogP contribution in [0, 0.1) is 11.8 Å². The molecule has 0 unspecified atom stereocenters. The Labute approximate surface area is 197 Å². The molecule has 0 fully saturated rings. The van der Waals surface area contributed by atoms with Crippen LogP contribution in [0.5, 0.6) is 0 Å². The first-order chi connectivity index (χ1) is 15.0. The second-order valence-corrected chi connectivity index (χ2v) is 11.6. The second-order valence-electron chi connectivity index (χ2n) is 8.75. The van der Waals surface area contributed by atoms with Crippen molar-refractivity contribution in [2.45, 2.75) is 65.1 Å². The minimum atomic E-state index is -3.55. The van der Waals surface area contributed by atoms with Crippen LogP contribution in [0.25, 0.3) is 11.0 Å². The fourth-order valence-electron chi connectivity index (χ4n) is 3.75. The van der Waals surface area contributed by atoms with E-state index in [2.05, 4.69) is 27.7 Å². The first-order valence-corrected chi connectivity index (χ1v) is 13.9. The molecule has 0 saturated carbocycles. The van der Waals surface area contributed by atoms with Crippen molar-refractivity contribution in [2.24, 2.45) is 11.8 Å². The van der Waals surface area contributed by atoms with E-state index < -0.39 is 10.0 Å². The molecule has 180 valence electrons. The molecule has 1 aromatic carbocycles. The third kappa shape index (κ3) is 6.26. The van der Waals surface area contributed by atoms with Crippen LogP contribution in [-0.2, 0) is 21.4 Å². The normalized spacial score (nSPS) is 12.4. The van der Waals surface area contributed by atoms with Gasteiger partial charge in [-0.05, 0) is 37.0 Å². The highest BCUT2D eigenvalue weighted by Crippen LogP contribution is 2.27. The summed E-state index contributed by atoms with van der Waals surface area (Å²) in [5.74, 6) is 1.24. The van der Waals surface area contributed by atoms with Gasteiger partial charge in [-0.3, -0.25) is 4.79 Å². The van der Waals surface area contributed by atoms with Crippen LogP contribution in [-0.4, -0.2) is 65.0 Å². The molecule has 1 aromatic heterocycles. The number of hydrogen-bond donors (Lipinski definition) is 0. The van der Waals surface area contributed by atoms with Gasteiger partial charge < -0.3 is 9.47 Å². The molecule has 0 bridgehead atoms. The van der Waals surface area contributed by atoms with E-state index in [9.17, 15) is 13.2 Å². The summed E-state index contributed by atoms with van der Waals surface area (Å²) in [6, 6.07) is 5.11. The van der Waals surface area contributed by atoms with Crippen molar-refractivity contribution < 1.29 is 13.2 Å². The lowest BCUT2D eigenvalue weighted by atomic mass is 10.1. The molecule has 9 heteroatoms. The van der Waals surface area contributed by atoms with Gasteiger partial charge in [0.25, 0.3) is 0 Å². The van der Waals surface area contributed by atoms with Crippen LogP contribution in [0.2, 0.25) is 0 Å². The number of imidazole rings is 1. The number of thioether (sulfide) groups is 1. The summed E-state index contributed by atoms with van der Waals surface area (Å²) in [6.45, 7) is 17.2. The first kappa shape index (κ1) is 26.7. The van der Waals surface area contributed by atoms with Crippen LogP contribution >= 0.6 is 11.8 Å². The van der Waals surface area contributed by atoms with Gasteiger partial charge in [0, 0.05) is 32.7 Å². The number of carbonyl (C=O) groups is 1. The molecule has 0 spiro atoms. The third-order valence-electron chi connectivity index (χ3n) is 5.19. The van der Waals surface area contributed by atoms with E-state index in [1.807, 2.05) is 36.3 Å². The molecule has 1 amide bonds. The Morgan fingerprint density at radius 2 is 1.66 bits per heavy atom. The molecular formula is C23H38N4O3S2. The van der Waals surface area contributed by atoms with Crippen molar-refractivity contribution in [2.75, 3.05) is 31.9 Å². The van der Waals surface area contributed by atoms with Crippen molar-refractivity contribution in [3.05, 3.63) is 18.2 Å². The fraction of sp³-hybridized carbons (Fsp3) is 0.652. The topological polar surface area (TPSA) is 75.5 Å². The summed E-state index contributed by atoms with van der Waals surface area (Å²) >= 11 is 1.42. The zero-order valence-electron chi connectivity index (χ0n) is 20.5. The molecule has 0 saturated heterocycles. The monoisotopic (exact) mass is 482 g/mol. The van der Waals surface area contributed by atoms with Gasteiger partial charge in [0.1, 0.15) is 0 Å². The van der Waals surface area contributed by atoms with E-state index in [0.717, 1.165) is 23.8 Å². The molecule has 2 aromatic rings. The number of carbonyl (C=O) groups excluding carboxylic acids is 1. The predicted octanol–water partition coefficient (Wildman–Crippen LogP) is 4.32. The Hall–Kier alpha value is -1.58. The number of sulfonamides is 1. The largest absolute Gasteiger partial charge is 0.341 e.